The molecule has 0 aromatic heterocycles. The van der Waals surface area contributed by atoms with Crippen molar-refractivity contribution in [1.29, 1.82) is 0 Å². The van der Waals surface area contributed by atoms with Gasteiger partial charge >= 0.3 is 0 Å². The van der Waals surface area contributed by atoms with Crippen molar-refractivity contribution >= 4 is 44.8 Å². The number of benzene rings is 3. The summed E-state index contributed by atoms with van der Waals surface area (Å²) in [5, 5.41) is 16.5. The Hall–Kier alpha value is -3.53. The lowest BCUT2D eigenvalue weighted by molar-refractivity contribution is -0.132. The van der Waals surface area contributed by atoms with Crippen LogP contribution in [0.1, 0.15) is 17.2 Å². The predicted molar refractivity (Wildman–Crippen MR) is 120 cm³/mol. The number of halogens is 2. The molecule has 0 spiro atoms. The summed E-state index contributed by atoms with van der Waals surface area (Å²) in [5.74, 6) is -2.84. The first-order valence-corrected chi connectivity index (χ1v) is 11.5. The topological polar surface area (TPSA) is 118 Å². The highest BCUT2D eigenvalue weighted by molar-refractivity contribution is 7.89. The number of carbonyl (C=O) groups excluding carboxylic acids is 2. The van der Waals surface area contributed by atoms with Gasteiger partial charge in [0.1, 0.15) is 11.6 Å². The van der Waals surface area contributed by atoms with E-state index < -0.39 is 39.3 Å². The summed E-state index contributed by atoms with van der Waals surface area (Å²) < 4.78 is 36.7. The molecule has 1 fully saturated rings. The fourth-order valence-corrected chi connectivity index (χ4v) is 4.26. The molecule has 7 nitrogen and oxygen atoms in total. The first-order chi connectivity index (χ1) is 15.6. The Morgan fingerprint density at radius 3 is 2.06 bits per heavy atom. The van der Waals surface area contributed by atoms with Gasteiger partial charge < -0.3 is 5.11 Å². The summed E-state index contributed by atoms with van der Waals surface area (Å²) in [6.07, 6.45) is 0. The lowest BCUT2D eigenvalue weighted by Gasteiger charge is -2.25. The minimum absolute atomic E-state index is 0.178. The second-order valence-electron chi connectivity index (χ2n) is 7.27. The fraction of sp³-hybridized carbons (Fsp3) is 0.0435. The van der Waals surface area contributed by atoms with Crippen molar-refractivity contribution in [2.75, 3.05) is 4.90 Å². The van der Waals surface area contributed by atoms with Gasteiger partial charge in [0.2, 0.25) is 10.0 Å². The summed E-state index contributed by atoms with van der Waals surface area (Å²) >= 11 is 5.90. The minimum atomic E-state index is -3.97. The molecule has 0 aliphatic carbocycles. The molecule has 1 aliphatic rings. The smallest absolute Gasteiger partial charge is 0.300 e. The Bertz CT molecular complexity index is 1390. The average molecular weight is 487 g/mol. The molecule has 1 amide bonds. The molecule has 3 N–H and O–H groups in total. The molecule has 1 unspecified atom stereocenters. The summed E-state index contributed by atoms with van der Waals surface area (Å²) in [4.78, 5) is 27.0. The lowest BCUT2D eigenvalue weighted by atomic mass is 9.95. The van der Waals surface area contributed by atoms with E-state index in [0.29, 0.717) is 10.6 Å². The van der Waals surface area contributed by atoms with Gasteiger partial charge in [-0.3, -0.25) is 14.5 Å². The van der Waals surface area contributed by atoms with Crippen LogP contribution in [0, 0.1) is 5.82 Å². The van der Waals surface area contributed by atoms with Crippen LogP contribution in [0.25, 0.3) is 5.76 Å². The van der Waals surface area contributed by atoms with Gasteiger partial charge in [-0.05, 0) is 66.2 Å². The van der Waals surface area contributed by atoms with Gasteiger partial charge in [-0.25, -0.2) is 17.9 Å². The van der Waals surface area contributed by atoms with Crippen molar-refractivity contribution < 1.29 is 27.5 Å². The third-order valence-corrected chi connectivity index (χ3v) is 6.37. The predicted octanol–water partition coefficient (Wildman–Crippen LogP) is 3.75. The van der Waals surface area contributed by atoms with E-state index in [1.54, 1.807) is 0 Å². The van der Waals surface area contributed by atoms with E-state index in [1.165, 1.54) is 72.8 Å². The van der Waals surface area contributed by atoms with Gasteiger partial charge in [-0.2, -0.15) is 0 Å². The third kappa shape index (κ3) is 4.25. The first-order valence-electron chi connectivity index (χ1n) is 9.53. The van der Waals surface area contributed by atoms with E-state index in [4.69, 9.17) is 16.7 Å². The van der Waals surface area contributed by atoms with Gasteiger partial charge in [0.15, 0.2) is 0 Å². The number of carbonyl (C=O) groups is 2. The number of nitrogens with zero attached hydrogens (tertiary/aromatic N) is 1. The van der Waals surface area contributed by atoms with Crippen molar-refractivity contribution in [2.24, 2.45) is 5.14 Å². The van der Waals surface area contributed by atoms with Crippen LogP contribution in [0.3, 0.4) is 0 Å². The van der Waals surface area contributed by atoms with Crippen molar-refractivity contribution in [1.82, 2.24) is 0 Å². The normalized spacial score (nSPS) is 18.0. The van der Waals surface area contributed by atoms with Crippen LogP contribution < -0.4 is 10.0 Å². The van der Waals surface area contributed by atoms with Gasteiger partial charge in [0.05, 0.1) is 16.5 Å². The van der Waals surface area contributed by atoms with Crippen LogP contribution in [0.4, 0.5) is 10.1 Å². The zero-order valence-electron chi connectivity index (χ0n) is 16.8. The number of anilines is 1. The number of hydrogen-bond donors (Lipinski definition) is 2. The maximum absolute atomic E-state index is 13.6. The number of sulfonamides is 1. The maximum Gasteiger partial charge on any atom is 0.300 e. The Labute approximate surface area is 193 Å². The van der Waals surface area contributed by atoms with Crippen LogP contribution in [0.5, 0.6) is 0 Å². The number of ketones is 1. The SMILES string of the molecule is NS(=O)(=O)c1ccc(N2C(=O)C(=O)/C(=C(\O)c3ccc(Cl)cc3)C2c2ccc(F)cc2)cc1. The van der Waals surface area contributed by atoms with E-state index in [-0.39, 0.29) is 21.7 Å². The number of rotatable bonds is 4. The van der Waals surface area contributed by atoms with E-state index >= 15 is 0 Å². The lowest BCUT2D eigenvalue weighted by Crippen LogP contribution is -2.29. The van der Waals surface area contributed by atoms with Crippen molar-refractivity contribution in [3.05, 3.63) is 100 Å². The number of primary sulfonamides is 1. The number of aliphatic hydroxyl groups excluding tert-OH is 1. The molecule has 0 saturated carbocycles. The highest BCUT2D eigenvalue weighted by Gasteiger charge is 2.47. The molecular weight excluding hydrogens is 471 g/mol. The molecule has 4 rings (SSSR count). The molecule has 1 saturated heterocycles. The largest absolute Gasteiger partial charge is 0.507 e. The van der Waals surface area contributed by atoms with Gasteiger partial charge in [0.25, 0.3) is 11.7 Å². The van der Waals surface area contributed by atoms with Crippen molar-refractivity contribution in [3.63, 3.8) is 0 Å². The van der Waals surface area contributed by atoms with Gasteiger partial charge in [-0.15, -0.1) is 0 Å². The van der Waals surface area contributed by atoms with Crippen LogP contribution in [-0.4, -0.2) is 25.2 Å². The van der Waals surface area contributed by atoms with E-state index in [2.05, 4.69) is 0 Å². The van der Waals surface area contributed by atoms with Gasteiger partial charge in [-0.1, -0.05) is 23.7 Å². The summed E-state index contributed by atoms with van der Waals surface area (Å²) in [7, 11) is -3.97. The second kappa shape index (κ2) is 8.43. The van der Waals surface area contributed by atoms with Crippen LogP contribution in [0.2, 0.25) is 5.02 Å². The molecule has 1 aliphatic heterocycles. The van der Waals surface area contributed by atoms with Gasteiger partial charge in [0, 0.05) is 16.3 Å². The second-order valence-corrected chi connectivity index (χ2v) is 9.26. The summed E-state index contributed by atoms with van der Waals surface area (Å²) in [6.45, 7) is 0. The monoisotopic (exact) mass is 486 g/mol. The minimum Gasteiger partial charge on any atom is -0.507 e. The highest BCUT2D eigenvalue weighted by atomic mass is 35.5. The van der Waals surface area contributed by atoms with Crippen molar-refractivity contribution in [2.45, 2.75) is 10.9 Å². The number of nitrogens with two attached hydrogens (primary N) is 1. The highest BCUT2D eigenvalue weighted by Crippen LogP contribution is 2.42. The summed E-state index contributed by atoms with van der Waals surface area (Å²) in [6, 6.07) is 15.1. The summed E-state index contributed by atoms with van der Waals surface area (Å²) in [5.41, 5.74) is 0.606. The first kappa shape index (κ1) is 22.7. The van der Waals surface area contributed by atoms with E-state index in [0.717, 1.165) is 4.90 Å². The van der Waals surface area contributed by atoms with Crippen LogP contribution in [0.15, 0.2) is 83.3 Å². The van der Waals surface area contributed by atoms with Crippen molar-refractivity contribution in [3.8, 4) is 0 Å². The van der Waals surface area contributed by atoms with Crippen LogP contribution >= 0.6 is 11.6 Å². The third-order valence-electron chi connectivity index (χ3n) is 5.19. The molecule has 3 aromatic rings. The van der Waals surface area contributed by atoms with Crippen LogP contribution in [-0.2, 0) is 19.6 Å². The average Bonchev–Trinajstić information content (AvgIpc) is 3.04. The standard InChI is InChI=1S/C23H16ClFN2O5S/c24-15-5-1-14(2-6-15)21(28)19-20(13-3-7-16(25)8-4-13)27(23(30)22(19)29)17-9-11-18(12-10-17)33(26,31)32/h1-12,20,28H,(H2,26,31,32)/b21-19-. The molecule has 0 bridgehead atoms. The number of Topliss-reactive ketones (excluding diaryl/α,β-unsaturated/α-hetero) is 1. The molecule has 3 aromatic carbocycles. The number of aliphatic hydroxyl groups is 1. The molecule has 1 heterocycles. The molecule has 10 heteroatoms. The molecular formula is C23H16ClFN2O5S. The Balaban J connectivity index is 1.91. The molecule has 33 heavy (non-hydrogen) atoms. The zero-order valence-corrected chi connectivity index (χ0v) is 18.3. The number of amides is 1. The quantitative estimate of drug-likeness (QED) is 0.331. The Morgan fingerprint density at radius 1 is 0.939 bits per heavy atom. The molecule has 168 valence electrons. The zero-order chi connectivity index (χ0) is 23.9. The molecule has 0 radical (unpaired) electrons. The molecule has 1 atom stereocenters. The number of hydrogen-bond acceptors (Lipinski definition) is 5. The Morgan fingerprint density at radius 2 is 1.52 bits per heavy atom. The Kier molecular flexibility index (Phi) is 5.79. The maximum atomic E-state index is 13.6. The van der Waals surface area contributed by atoms with E-state index in [9.17, 15) is 27.5 Å². The van der Waals surface area contributed by atoms with E-state index in [1.807, 2.05) is 0 Å². The fourth-order valence-electron chi connectivity index (χ4n) is 3.62.